The minimum atomic E-state index is -0.242. The summed E-state index contributed by atoms with van der Waals surface area (Å²) in [6, 6.07) is 4.58. The van der Waals surface area contributed by atoms with Crippen LogP contribution in [0.1, 0.15) is 30.0 Å². The second-order valence-electron chi connectivity index (χ2n) is 4.12. The molecule has 2 rings (SSSR count). The number of carbonyl (C=O) groups excluding carboxylic acids is 1. The molecule has 1 aliphatic heterocycles. The van der Waals surface area contributed by atoms with E-state index in [1.807, 2.05) is 12.9 Å². The summed E-state index contributed by atoms with van der Waals surface area (Å²) in [4.78, 5) is 10.8. The fraction of sp³-hybridized carbons (Fsp3) is 0.385. The third-order valence-corrected chi connectivity index (χ3v) is 2.99. The quantitative estimate of drug-likeness (QED) is 0.782. The minimum Gasteiger partial charge on any atom is -0.306 e. The molecule has 1 atom stereocenters. The lowest BCUT2D eigenvalue weighted by Crippen LogP contribution is -2.29. The molecule has 0 aliphatic carbocycles. The first-order valence-electron chi connectivity index (χ1n) is 5.45. The first-order valence-corrected chi connectivity index (χ1v) is 5.45. The van der Waals surface area contributed by atoms with Gasteiger partial charge in [0, 0.05) is 5.57 Å². The van der Waals surface area contributed by atoms with Crippen molar-refractivity contribution in [1.29, 1.82) is 0 Å². The number of piperidine rings is 1. The van der Waals surface area contributed by atoms with Crippen LogP contribution in [0.4, 0.5) is 4.39 Å². The number of benzene rings is 1. The molecule has 1 fully saturated rings. The number of rotatable bonds is 1. The Balaban J connectivity index is 0.00000144. The molecule has 0 saturated carbocycles. The van der Waals surface area contributed by atoms with E-state index >= 15 is 0 Å². The van der Waals surface area contributed by atoms with Gasteiger partial charge in [0.1, 0.15) is 11.8 Å². The maximum Gasteiger partial charge on any atom is 0.125 e. The second-order valence-corrected chi connectivity index (χ2v) is 4.12. The lowest BCUT2D eigenvalue weighted by atomic mass is 9.90. The largest absolute Gasteiger partial charge is 0.306 e. The van der Waals surface area contributed by atoms with Gasteiger partial charge in [-0.15, -0.1) is 12.4 Å². The van der Waals surface area contributed by atoms with E-state index < -0.39 is 0 Å². The van der Waals surface area contributed by atoms with Gasteiger partial charge in [-0.05, 0) is 49.6 Å². The van der Waals surface area contributed by atoms with E-state index in [1.54, 1.807) is 6.07 Å². The summed E-state index contributed by atoms with van der Waals surface area (Å²) in [5, 5.41) is 3.27. The molecule has 2 nitrogen and oxygen atoms in total. The van der Waals surface area contributed by atoms with Gasteiger partial charge in [0.25, 0.3) is 0 Å². The van der Waals surface area contributed by atoms with Gasteiger partial charge in [-0.2, -0.15) is 0 Å². The Labute approximate surface area is 106 Å². The van der Waals surface area contributed by atoms with Crippen LogP contribution in [0, 0.1) is 12.7 Å². The van der Waals surface area contributed by atoms with Crippen molar-refractivity contribution >= 4 is 18.3 Å². The van der Waals surface area contributed by atoms with Crippen molar-refractivity contribution in [3.63, 3.8) is 0 Å². The van der Waals surface area contributed by atoms with Crippen LogP contribution in [0.15, 0.2) is 23.8 Å². The van der Waals surface area contributed by atoms with Crippen LogP contribution in [0.3, 0.4) is 0 Å². The van der Waals surface area contributed by atoms with Gasteiger partial charge >= 0.3 is 0 Å². The molecule has 1 heterocycles. The van der Waals surface area contributed by atoms with Gasteiger partial charge in [-0.1, -0.05) is 6.07 Å². The third-order valence-electron chi connectivity index (χ3n) is 2.99. The molecule has 4 heteroatoms. The van der Waals surface area contributed by atoms with E-state index in [-0.39, 0.29) is 24.3 Å². The van der Waals surface area contributed by atoms with E-state index in [0.29, 0.717) is 0 Å². The normalized spacial score (nSPS) is 19.4. The highest BCUT2D eigenvalue weighted by Gasteiger charge is 2.22. The molecule has 0 bridgehead atoms. The van der Waals surface area contributed by atoms with Gasteiger partial charge in [0.2, 0.25) is 0 Å². The van der Waals surface area contributed by atoms with Crippen molar-refractivity contribution in [2.45, 2.75) is 25.8 Å². The van der Waals surface area contributed by atoms with Crippen molar-refractivity contribution in [2.75, 3.05) is 6.54 Å². The second kappa shape index (κ2) is 5.97. The molecule has 0 aromatic heterocycles. The summed E-state index contributed by atoms with van der Waals surface area (Å²) in [6.07, 6.45) is 1.74. The highest BCUT2D eigenvalue weighted by Crippen LogP contribution is 2.29. The highest BCUT2D eigenvalue weighted by molar-refractivity contribution is 5.85. The summed E-state index contributed by atoms with van der Waals surface area (Å²) in [7, 11) is 0. The summed E-state index contributed by atoms with van der Waals surface area (Å²) < 4.78 is 13.0. The topological polar surface area (TPSA) is 29.1 Å². The van der Waals surface area contributed by atoms with E-state index in [1.165, 1.54) is 12.1 Å². The van der Waals surface area contributed by atoms with Crippen molar-refractivity contribution in [3.8, 4) is 0 Å². The zero-order chi connectivity index (χ0) is 11.5. The molecule has 1 aromatic rings. The summed E-state index contributed by atoms with van der Waals surface area (Å²) >= 11 is 0. The number of nitrogens with one attached hydrogen (secondary N) is 1. The zero-order valence-electron chi connectivity index (χ0n) is 9.63. The summed E-state index contributed by atoms with van der Waals surface area (Å²) in [5.74, 6) is 1.76. The molecule has 0 spiro atoms. The van der Waals surface area contributed by atoms with Gasteiger partial charge in [0.15, 0.2) is 0 Å². The lowest BCUT2D eigenvalue weighted by molar-refractivity contribution is 0.496. The molecule has 1 aliphatic rings. The first-order chi connectivity index (χ1) is 7.72. The molecule has 1 N–H and O–H groups in total. The Bertz CT molecular complexity index is 455. The Kier molecular flexibility index (Phi) is 4.88. The van der Waals surface area contributed by atoms with Gasteiger partial charge in [-0.3, -0.25) is 0 Å². The van der Waals surface area contributed by atoms with E-state index in [0.717, 1.165) is 36.1 Å². The fourth-order valence-electron chi connectivity index (χ4n) is 2.16. The summed E-state index contributed by atoms with van der Waals surface area (Å²) in [5.41, 5.74) is 2.58. The van der Waals surface area contributed by atoms with Crippen molar-refractivity contribution < 1.29 is 9.18 Å². The first kappa shape index (κ1) is 13.9. The van der Waals surface area contributed by atoms with Crippen LogP contribution in [-0.2, 0) is 4.79 Å². The lowest BCUT2D eigenvalue weighted by Gasteiger charge is -2.26. The highest BCUT2D eigenvalue weighted by atomic mass is 35.5. The van der Waals surface area contributed by atoms with Crippen LogP contribution < -0.4 is 5.32 Å². The van der Waals surface area contributed by atoms with Gasteiger partial charge < -0.3 is 5.32 Å². The predicted octanol–water partition coefficient (Wildman–Crippen LogP) is 2.74. The maximum atomic E-state index is 13.0. The Morgan fingerprint density at radius 2 is 2.24 bits per heavy atom. The Hall–Kier alpha value is -1.15. The van der Waals surface area contributed by atoms with Crippen LogP contribution >= 0.6 is 12.4 Å². The molecular weight excluding hydrogens is 241 g/mol. The number of hydrogen-bond donors (Lipinski definition) is 1. The van der Waals surface area contributed by atoms with E-state index in [4.69, 9.17) is 0 Å². The SMILES string of the molecule is Cc1cc(F)ccc1C1NCCCC1=C=O.Cl. The monoisotopic (exact) mass is 255 g/mol. The average Bonchev–Trinajstić information content (AvgIpc) is 2.29. The van der Waals surface area contributed by atoms with Crippen molar-refractivity contribution in [1.82, 2.24) is 5.32 Å². The van der Waals surface area contributed by atoms with Crippen LogP contribution in [0.2, 0.25) is 0 Å². The molecule has 0 amide bonds. The number of hydrogen-bond acceptors (Lipinski definition) is 2. The van der Waals surface area contributed by atoms with Gasteiger partial charge in [-0.25, -0.2) is 9.18 Å². The molecule has 1 saturated heterocycles. The molecule has 0 radical (unpaired) electrons. The van der Waals surface area contributed by atoms with Crippen molar-refractivity contribution in [2.24, 2.45) is 0 Å². The van der Waals surface area contributed by atoms with Crippen LogP contribution in [0.25, 0.3) is 0 Å². The minimum absolute atomic E-state index is 0. The standard InChI is InChI=1S/C13H14FNO.ClH/c1-9-7-11(14)4-5-12(9)13-10(8-16)3-2-6-15-13;/h4-5,7,13,15H,2-3,6H2,1H3;1H. The van der Waals surface area contributed by atoms with Crippen LogP contribution in [0.5, 0.6) is 0 Å². The molecule has 1 aromatic carbocycles. The van der Waals surface area contributed by atoms with Crippen molar-refractivity contribution in [3.05, 3.63) is 40.7 Å². The molecule has 17 heavy (non-hydrogen) atoms. The Morgan fingerprint density at radius 3 is 2.88 bits per heavy atom. The van der Waals surface area contributed by atoms with Crippen LogP contribution in [-0.4, -0.2) is 12.5 Å². The molecular formula is C13H15ClFNO. The van der Waals surface area contributed by atoms with Gasteiger partial charge in [0.05, 0.1) is 6.04 Å². The number of aryl methyl sites for hydroxylation is 1. The smallest absolute Gasteiger partial charge is 0.125 e. The number of halogens is 2. The zero-order valence-corrected chi connectivity index (χ0v) is 10.4. The Morgan fingerprint density at radius 1 is 1.47 bits per heavy atom. The molecule has 1 unspecified atom stereocenters. The molecule has 92 valence electrons. The van der Waals surface area contributed by atoms with E-state index in [9.17, 15) is 9.18 Å². The third kappa shape index (κ3) is 2.95. The predicted molar refractivity (Wildman–Crippen MR) is 67.6 cm³/mol. The maximum absolute atomic E-state index is 13.0. The average molecular weight is 256 g/mol. The van der Waals surface area contributed by atoms with E-state index in [2.05, 4.69) is 5.32 Å². The summed E-state index contributed by atoms with van der Waals surface area (Å²) in [6.45, 7) is 2.74. The fourth-order valence-corrected chi connectivity index (χ4v) is 2.16.